The number of nitrogens with two attached hydrogens (primary N) is 1. The van der Waals surface area contributed by atoms with E-state index in [-0.39, 0.29) is 11.3 Å². The van der Waals surface area contributed by atoms with Crippen LogP contribution in [0.3, 0.4) is 0 Å². The smallest absolute Gasteiger partial charge is 0.416 e. The van der Waals surface area contributed by atoms with Crippen molar-refractivity contribution in [2.75, 3.05) is 12.8 Å². The lowest BCUT2D eigenvalue weighted by Gasteiger charge is -2.22. The Kier molecular flexibility index (Phi) is 5.77. The van der Waals surface area contributed by atoms with Gasteiger partial charge in [0, 0.05) is 5.69 Å². The van der Waals surface area contributed by atoms with Gasteiger partial charge in [-0.1, -0.05) is 42.5 Å². The molecule has 1 unspecified atom stereocenters. The number of nitrogen functional groups attached to an aromatic ring is 1. The predicted molar refractivity (Wildman–Crippen MR) is 103 cm³/mol. The third kappa shape index (κ3) is 4.68. The molecule has 0 heterocycles. The summed E-state index contributed by atoms with van der Waals surface area (Å²) in [6, 6.07) is 18.2. The highest BCUT2D eigenvalue weighted by atomic mass is 19.4. The van der Waals surface area contributed by atoms with Crippen LogP contribution >= 0.6 is 0 Å². The number of rotatable bonds is 5. The summed E-state index contributed by atoms with van der Waals surface area (Å²) in [6.45, 7) is 0. The van der Waals surface area contributed by atoms with E-state index in [1.165, 1.54) is 31.4 Å². The molecular formula is C22H18F3NO3. The van der Waals surface area contributed by atoms with Crippen LogP contribution in [0.2, 0.25) is 0 Å². The first-order valence-corrected chi connectivity index (χ1v) is 8.66. The molecule has 0 aromatic heterocycles. The second-order valence-electron chi connectivity index (χ2n) is 6.28. The normalized spacial score (nSPS) is 12.3. The Hall–Kier alpha value is -3.48. The Balaban J connectivity index is 2.04. The number of methoxy groups -OCH3 is 1. The average Bonchev–Trinajstić information content (AvgIpc) is 2.72. The molecule has 3 aromatic rings. The van der Waals surface area contributed by atoms with Gasteiger partial charge >= 0.3 is 12.1 Å². The summed E-state index contributed by atoms with van der Waals surface area (Å²) in [5.41, 5.74) is 6.69. The van der Waals surface area contributed by atoms with E-state index < -0.39 is 23.8 Å². The van der Waals surface area contributed by atoms with E-state index in [1.54, 1.807) is 30.3 Å². The highest BCUT2D eigenvalue weighted by Gasteiger charge is 2.30. The van der Waals surface area contributed by atoms with Crippen LogP contribution in [-0.4, -0.2) is 13.1 Å². The molecule has 1 atom stereocenters. The zero-order valence-corrected chi connectivity index (χ0v) is 15.4. The van der Waals surface area contributed by atoms with Gasteiger partial charge in [0.05, 0.1) is 12.7 Å². The van der Waals surface area contributed by atoms with Crippen LogP contribution in [0.1, 0.15) is 33.2 Å². The molecule has 0 aliphatic carbocycles. The number of anilines is 1. The van der Waals surface area contributed by atoms with Gasteiger partial charge in [0.25, 0.3) is 0 Å². The maximum Gasteiger partial charge on any atom is 0.416 e. The highest BCUT2D eigenvalue weighted by molar-refractivity contribution is 5.93. The van der Waals surface area contributed by atoms with Crippen molar-refractivity contribution in [3.8, 4) is 5.75 Å². The number of hydrogen-bond donors (Lipinski definition) is 1. The fourth-order valence-corrected chi connectivity index (χ4v) is 2.85. The van der Waals surface area contributed by atoms with Crippen LogP contribution in [0, 0.1) is 0 Å². The number of carbonyl (C=O) groups excluding carboxylic acids is 1. The molecule has 0 fully saturated rings. The monoisotopic (exact) mass is 401 g/mol. The zero-order chi connectivity index (χ0) is 21.0. The Morgan fingerprint density at radius 1 is 0.931 bits per heavy atom. The van der Waals surface area contributed by atoms with Gasteiger partial charge < -0.3 is 15.2 Å². The Labute approximate surface area is 165 Å². The van der Waals surface area contributed by atoms with Crippen LogP contribution in [-0.2, 0) is 10.9 Å². The number of benzene rings is 3. The van der Waals surface area contributed by atoms with Gasteiger partial charge in [-0.15, -0.1) is 0 Å². The van der Waals surface area contributed by atoms with Crippen LogP contribution in [0.15, 0.2) is 72.8 Å². The molecular weight excluding hydrogens is 383 g/mol. The number of hydrogen-bond acceptors (Lipinski definition) is 4. The number of ether oxygens (including phenoxy) is 2. The molecule has 0 spiro atoms. The molecule has 0 saturated heterocycles. The molecule has 29 heavy (non-hydrogen) atoms. The predicted octanol–water partition coefficient (Wildman–Crippen LogP) is 5.24. The number of esters is 1. The van der Waals surface area contributed by atoms with E-state index in [0.29, 0.717) is 16.8 Å². The van der Waals surface area contributed by atoms with Crippen LogP contribution in [0.4, 0.5) is 18.9 Å². The summed E-state index contributed by atoms with van der Waals surface area (Å²) in [7, 11) is 1.24. The minimum atomic E-state index is -4.43. The van der Waals surface area contributed by atoms with Crippen molar-refractivity contribution >= 4 is 11.7 Å². The van der Waals surface area contributed by atoms with Crippen molar-refractivity contribution in [3.05, 3.63) is 95.1 Å². The van der Waals surface area contributed by atoms with Gasteiger partial charge in [0.15, 0.2) is 0 Å². The molecule has 3 rings (SSSR count). The van der Waals surface area contributed by atoms with Gasteiger partial charge in [-0.2, -0.15) is 13.2 Å². The Morgan fingerprint density at radius 3 is 2.14 bits per heavy atom. The molecule has 0 saturated carbocycles. The van der Waals surface area contributed by atoms with Crippen molar-refractivity contribution in [1.82, 2.24) is 0 Å². The lowest BCUT2D eigenvalue weighted by molar-refractivity contribution is -0.137. The second kappa shape index (κ2) is 8.26. The first kappa shape index (κ1) is 20.3. The maximum atomic E-state index is 12.9. The van der Waals surface area contributed by atoms with Gasteiger partial charge in [0.1, 0.15) is 17.4 Å². The lowest BCUT2D eigenvalue weighted by atomic mass is 9.99. The zero-order valence-electron chi connectivity index (χ0n) is 15.4. The van der Waals surface area contributed by atoms with E-state index in [9.17, 15) is 18.0 Å². The number of halogens is 3. The van der Waals surface area contributed by atoms with Crippen LogP contribution in [0.25, 0.3) is 0 Å². The molecule has 3 aromatic carbocycles. The highest BCUT2D eigenvalue weighted by Crippen LogP contribution is 2.34. The van der Waals surface area contributed by atoms with E-state index in [2.05, 4.69) is 0 Å². The molecule has 0 radical (unpaired) electrons. The van der Waals surface area contributed by atoms with Gasteiger partial charge in [-0.25, -0.2) is 4.79 Å². The maximum absolute atomic E-state index is 12.9. The number of carbonyl (C=O) groups is 1. The van der Waals surface area contributed by atoms with E-state index in [4.69, 9.17) is 15.2 Å². The fraction of sp³-hybridized carbons (Fsp3) is 0.136. The quantitative estimate of drug-likeness (QED) is 0.469. The molecule has 150 valence electrons. The first-order valence-electron chi connectivity index (χ1n) is 8.66. The summed E-state index contributed by atoms with van der Waals surface area (Å²) < 4.78 is 49.6. The summed E-state index contributed by atoms with van der Waals surface area (Å²) in [4.78, 5) is 12.1. The lowest BCUT2D eigenvalue weighted by Crippen LogP contribution is -2.13. The van der Waals surface area contributed by atoms with E-state index >= 15 is 0 Å². The standard InChI is InChI=1S/C22H18F3NO3/c1-28-21(27)18-13-17(26)11-12-19(18)29-20(14-5-3-2-4-6-14)15-7-9-16(10-8-15)22(23,24)25/h2-13,20H,26H2,1H3. The minimum Gasteiger partial charge on any atom is -0.480 e. The largest absolute Gasteiger partial charge is 0.480 e. The molecule has 2 N–H and O–H groups in total. The summed E-state index contributed by atoms with van der Waals surface area (Å²) in [5.74, 6) is -0.425. The molecule has 0 amide bonds. The van der Waals surface area contributed by atoms with Crippen molar-refractivity contribution in [2.24, 2.45) is 0 Å². The third-order valence-corrected chi connectivity index (χ3v) is 4.30. The average molecular weight is 401 g/mol. The van der Waals surface area contributed by atoms with Crippen LogP contribution in [0.5, 0.6) is 5.75 Å². The van der Waals surface area contributed by atoms with Gasteiger partial charge in [0.2, 0.25) is 0 Å². The van der Waals surface area contributed by atoms with Crippen molar-refractivity contribution in [2.45, 2.75) is 12.3 Å². The van der Waals surface area contributed by atoms with Gasteiger partial charge in [-0.3, -0.25) is 0 Å². The van der Waals surface area contributed by atoms with Crippen molar-refractivity contribution < 1.29 is 27.4 Å². The van der Waals surface area contributed by atoms with E-state index in [1.807, 2.05) is 6.07 Å². The topological polar surface area (TPSA) is 61.5 Å². The van der Waals surface area contributed by atoms with Crippen molar-refractivity contribution in [1.29, 1.82) is 0 Å². The molecule has 0 aliphatic rings. The molecule has 0 aliphatic heterocycles. The Morgan fingerprint density at radius 2 is 1.55 bits per heavy atom. The SMILES string of the molecule is COC(=O)c1cc(N)ccc1OC(c1ccccc1)c1ccc(C(F)(F)F)cc1. The molecule has 0 bridgehead atoms. The van der Waals surface area contributed by atoms with Gasteiger partial charge in [-0.05, 0) is 41.5 Å². The molecule has 7 heteroatoms. The van der Waals surface area contributed by atoms with Crippen molar-refractivity contribution in [3.63, 3.8) is 0 Å². The summed E-state index contributed by atoms with van der Waals surface area (Å²) in [6.07, 6.45) is -5.18. The third-order valence-electron chi connectivity index (χ3n) is 4.30. The second-order valence-corrected chi connectivity index (χ2v) is 6.28. The van der Waals surface area contributed by atoms with E-state index in [0.717, 1.165) is 12.1 Å². The van der Waals surface area contributed by atoms with Crippen LogP contribution < -0.4 is 10.5 Å². The first-order chi connectivity index (χ1) is 13.8. The molecule has 4 nitrogen and oxygen atoms in total. The summed E-state index contributed by atoms with van der Waals surface area (Å²) in [5, 5.41) is 0. The fourth-order valence-electron chi connectivity index (χ4n) is 2.85. The summed E-state index contributed by atoms with van der Waals surface area (Å²) >= 11 is 0. The Bertz CT molecular complexity index is 986. The minimum absolute atomic E-state index is 0.125. The number of alkyl halides is 3.